The highest BCUT2D eigenvalue weighted by molar-refractivity contribution is 14.1. The first kappa shape index (κ1) is 15.0. The van der Waals surface area contributed by atoms with Gasteiger partial charge in [0.2, 0.25) is 17.7 Å². The Balaban J connectivity index is 1.95. The van der Waals surface area contributed by atoms with Gasteiger partial charge in [-0.1, -0.05) is 0 Å². The molecule has 6 heteroatoms. The minimum Gasteiger partial charge on any atom is -0.326 e. The second kappa shape index (κ2) is 6.34. The van der Waals surface area contributed by atoms with Crippen molar-refractivity contribution >= 4 is 46.0 Å². The molecule has 2 N–H and O–H groups in total. The molecule has 1 fully saturated rings. The van der Waals surface area contributed by atoms with Gasteiger partial charge in [0.15, 0.2) is 0 Å². The van der Waals surface area contributed by atoms with E-state index in [0.717, 1.165) is 14.8 Å². The summed E-state index contributed by atoms with van der Waals surface area (Å²) in [5.41, 5.74) is 1.81. The van der Waals surface area contributed by atoms with E-state index in [1.165, 1.54) is 0 Å². The fraction of sp³-hybridized carbons (Fsp3) is 0.357. The van der Waals surface area contributed by atoms with Crippen molar-refractivity contribution in [3.8, 4) is 0 Å². The molecule has 0 saturated carbocycles. The average Bonchev–Trinajstić information content (AvgIpc) is 2.24. The standard InChI is InChI=1S/C14H15IN2O3/c1-8-2-10(15)7-11(3-8)16-12(18)4-9-5-13(19)17-14(20)6-9/h2-3,7,9H,4-6H2,1H3,(H,16,18)(H,17,19,20). The van der Waals surface area contributed by atoms with Crippen molar-refractivity contribution in [2.45, 2.75) is 26.2 Å². The average molecular weight is 386 g/mol. The highest BCUT2D eigenvalue weighted by atomic mass is 127. The number of imide groups is 1. The lowest BCUT2D eigenvalue weighted by Gasteiger charge is -2.20. The number of halogens is 1. The van der Waals surface area contributed by atoms with E-state index in [1.807, 2.05) is 25.1 Å². The number of carbonyl (C=O) groups excluding carboxylic acids is 3. The third kappa shape index (κ3) is 4.29. The molecular formula is C14H15IN2O3. The first-order valence-corrected chi connectivity index (χ1v) is 7.40. The van der Waals surface area contributed by atoms with Crippen LogP contribution in [0.15, 0.2) is 18.2 Å². The molecule has 1 aromatic carbocycles. The fourth-order valence-electron chi connectivity index (χ4n) is 2.28. The molecule has 3 amide bonds. The van der Waals surface area contributed by atoms with Crippen molar-refractivity contribution in [2.75, 3.05) is 5.32 Å². The number of nitrogens with one attached hydrogen (secondary N) is 2. The van der Waals surface area contributed by atoms with Gasteiger partial charge in [-0.25, -0.2) is 0 Å². The van der Waals surface area contributed by atoms with Gasteiger partial charge < -0.3 is 5.32 Å². The molecule has 106 valence electrons. The summed E-state index contributed by atoms with van der Waals surface area (Å²) in [5.74, 6) is -0.979. The van der Waals surface area contributed by atoms with E-state index in [0.29, 0.717) is 0 Å². The smallest absolute Gasteiger partial charge is 0.226 e. The molecule has 1 aromatic rings. The molecule has 5 nitrogen and oxygen atoms in total. The molecule has 0 aromatic heterocycles. The lowest BCUT2D eigenvalue weighted by atomic mass is 9.93. The van der Waals surface area contributed by atoms with Crippen LogP contribution in [-0.2, 0) is 14.4 Å². The normalized spacial score (nSPS) is 15.9. The summed E-state index contributed by atoms with van der Waals surface area (Å²) in [6, 6.07) is 5.78. The number of anilines is 1. The van der Waals surface area contributed by atoms with Gasteiger partial charge in [-0.3, -0.25) is 19.7 Å². The summed E-state index contributed by atoms with van der Waals surface area (Å²) in [6.45, 7) is 1.96. The Bertz CT molecular complexity index is 535. The van der Waals surface area contributed by atoms with Crippen LogP contribution in [0.25, 0.3) is 0 Å². The summed E-state index contributed by atoms with van der Waals surface area (Å²) in [6.07, 6.45) is 0.638. The SMILES string of the molecule is Cc1cc(I)cc(NC(=O)CC2CC(=O)NC(=O)C2)c1. The Morgan fingerprint density at radius 3 is 2.55 bits per heavy atom. The summed E-state index contributed by atoms with van der Waals surface area (Å²) in [4.78, 5) is 34.5. The third-order valence-corrected chi connectivity index (χ3v) is 3.65. The minimum atomic E-state index is -0.302. The van der Waals surface area contributed by atoms with Gasteiger partial charge in [0.25, 0.3) is 0 Å². The predicted octanol–water partition coefficient (Wildman–Crippen LogP) is 1.98. The molecule has 0 spiro atoms. The second-order valence-electron chi connectivity index (χ2n) is 5.02. The van der Waals surface area contributed by atoms with Crippen LogP contribution < -0.4 is 10.6 Å². The number of carbonyl (C=O) groups is 3. The summed E-state index contributed by atoms with van der Waals surface area (Å²) in [7, 11) is 0. The van der Waals surface area contributed by atoms with E-state index < -0.39 is 0 Å². The van der Waals surface area contributed by atoms with Crippen LogP contribution in [0.5, 0.6) is 0 Å². The highest BCUT2D eigenvalue weighted by Crippen LogP contribution is 2.20. The van der Waals surface area contributed by atoms with Crippen LogP contribution in [0.3, 0.4) is 0 Å². The molecular weight excluding hydrogens is 371 g/mol. The fourth-order valence-corrected chi connectivity index (χ4v) is 3.11. The summed E-state index contributed by atoms with van der Waals surface area (Å²) < 4.78 is 1.05. The molecule has 20 heavy (non-hydrogen) atoms. The summed E-state index contributed by atoms with van der Waals surface area (Å²) in [5, 5.41) is 5.05. The minimum absolute atomic E-state index is 0.168. The zero-order valence-corrected chi connectivity index (χ0v) is 13.2. The van der Waals surface area contributed by atoms with Gasteiger partial charge in [0, 0.05) is 28.5 Å². The van der Waals surface area contributed by atoms with Gasteiger partial charge in [0.1, 0.15) is 0 Å². The maximum absolute atomic E-state index is 12.0. The maximum Gasteiger partial charge on any atom is 0.226 e. The third-order valence-electron chi connectivity index (χ3n) is 3.03. The second-order valence-corrected chi connectivity index (χ2v) is 6.26. The zero-order valence-electron chi connectivity index (χ0n) is 11.0. The van der Waals surface area contributed by atoms with Gasteiger partial charge >= 0.3 is 0 Å². The quantitative estimate of drug-likeness (QED) is 0.616. The molecule has 1 saturated heterocycles. The first-order valence-electron chi connectivity index (χ1n) is 6.32. The van der Waals surface area contributed by atoms with Crippen molar-refractivity contribution in [2.24, 2.45) is 5.92 Å². The molecule has 1 heterocycles. The molecule has 2 rings (SSSR count). The Labute approximate surface area is 130 Å². The zero-order chi connectivity index (χ0) is 14.7. The summed E-state index contributed by atoms with van der Waals surface area (Å²) >= 11 is 2.19. The highest BCUT2D eigenvalue weighted by Gasteiger charge is 2.26. The largest absolute Gasteiger partial charge is 0.326 e. The topological polar surface area (TPSA) is 75.3 Å². The van der Waals surface area contributed by atoms with E-state index in [4.69, 9.17) is 0 Å². The number of hydrogen-bond acceptors (Lipinski definition) is 3. The van der Waals surface area contributed by atoms with Crippen molar-refractivity contribution < 1.29 is 14.4 Å². The van der Waals surface area contributed by atoms with E-state index in [1.54, 1.807) is 0 Å². The Morgan fingerprint density at radius 1 is 1.30 bits per heavy atom. The van der Waals surface area contributed by atoms with Gasteiger partial charge in [0.05, 0.1) is 0 Å². The molecule has 0 atom stereocenters. The Kier molecular flexibility index (Phi) is 4.74. The Morgan fingerprint density at radius 2 is 1.95 bits per heavy atom. The van der Waals surface area contributed by atoms with Gasteiger partial charge in [-0.05, 0) is 59.2 Å². The van der Waals surface area contributed by atoms with E-state index in [9.17, 15) is 14.4 Å². The number of amides is 3. The van der Waals surface area contributed by atoms with Crippen molar-refractivity contribution in [1.82, 2.24) is 5.32 Å². The van der Waals surface area contributed by atoms with Crippen LogP contribution in [-0.4, -0.2) is 17.7 Å². The van der Waals surface area contributed by atoms with E-state index in [2.05, 4.69) is 33.2 Å². The maximum atomic E-state index is 12.0. The van der Waals surface area contributed by atoms with Gasteiger partial charge in [-0.2, -0.15) is 0 Å². The van der Waals surface area contributed by atoms with Crippen LogP contribution in [0.2, 0.25) is 0 Å². The van der Waals surface area contributed by atoms with Crippen molar-refractivity contribution in [1.29, 1.82) is 0 Å². The molecule has 1 aliphatic heterocycles. The number of rotatable bonds is 3. The van der Waals surface area contributed by atoms with E-state index >= 15 is 0 Å². The number of aryl methyl sites for hydroxylation is 1. The van der Waals surface area contributed by atoms with E-state index in [-0.39, 0.29) is 42.9 Å². The predicted molar refractivity (Wildman–Crippen MR) is 83.0 cm³/mol. The first-order chi connectivity index (χ1) is 9.42. The number of hydrogen-bond donors (Lipinski definition) is 2. The molecule has 0 unspecified atom stereocenters. The molecule has 0 bridgehead atoms. The lowest BCUT2D eigenvalue weighted by molar-refractivity contribution is -0.135. The Hall–Kier alpha value is -1.44. The van der Waals surface area contributed by atoms with Crippen molar-refractivity contribution in [3.63, 3.8) is 0 Å². The lowest BCUT2D eigenvalue weighted by Crippen LogP contribution is -2.39. The van der Waals surface area contributed by atoms with Crippen LogP contribution >= 0.6 is 22.6 Å². The van der Waals surface area contributed by atoms with Crippen LogP contribution in [0.4, 0.5) is 5.69 Å². The monoisotopic (exact) mass is 386 g/mol. The number of benzene rings is 1. The van der Waals surface area contributed by atoms with Gasteiger partial charge in [-0.15, -0.1) is 0 Å². The molecule has 0 radical (unpaired) electrons. The molecule has 1 aliphatic rings. The van der Waals surface area contributed by atoms with Crippen molar-refractivity contribution in [3.05, 3.63) is 27.3 Å². The number of piperidine rings is 1. The van der Waals surface area contributed by atoms with Crippen LogP contribution in [0, 0.1) is 16.4 Å². The molecule has 0 aliphatic carbocycles. The van der Waals surface area contributed by atoms with Crippen LogP contribution in [0.1, 0.15) is 24.8 Å².